The van der Waals surface area contributed by atoms with Gasteiger partial charge in [0, 0.05) is 0 Å². The second-order valence-electron chi connectivity index (χ2n) is 3.41. The van der Waals surface area contributed by atoms with Crippen LogP contribution in [0.5, 0.6) is 11.5 Å². The third-order valence-electron chi connectivity index (χ3n) is 2.13. The van der Waals surface area contributed by atoms with E-state index in [1.54, 1.807) is 24.3 Å². The van der Waals surface area contributed by atoms with Crippen molar-refractivity contribution in [3.05, 3.63) is 59.9 Å². The molecule has 2 rings (SSSR count). The van der Waals surface area contributed by atoms with Gasteiger partial charge in [-0.1, -0.05) is 12.1 Å². The second kappa shape index (κ2) is 5.12. The minimum absolute atomic E-state index is 0.290. The zero-order chi connectivity index (χ0) is 12.1. The highest BCUT2D eigenvalue weighted by atomic mass is 19.1. The number of rotatable bonds is 3. The minimum atomic E-state index is -0.290. The molecule has 0 radical (unpaired) electrons. The molecule has 0 amide bonds. The number of benzene rings is 2. The number of hydrogen-bond acceptors (Lipinski definition) is 3. The third-order valence-corrected chi connectivity index (χ3v) is 2.13. The zero-order valence-electron chi connectivity index (χ0n) is 9.01. The van der Waals surface area contributed by atoms with Gasteiger partial charge >= 0.3 is 0 Å². The first kappa shape index (κ1) is 11.1. The summed E-state index contributed by atoms with van der Waals surface area (Å²) in [6.45, 7) is 0. The Morgan fingerprint density at radius 1 is 1.06 bits per heavy atom. The lowest BCUT2D eigenvalue weighted by atomic mass is 10.2. The smallest absolute Gasteiger partial charge is 0.128 e. The van der Waals surface area contributed by atoms with E-state index >= 15 is 0 Å². The molecule has 0 aliphatic carbocycles. The lowest BCUT2D eigenvalue weighted by Gasteiger charge is -2.05. The van der Waals surface area contributed by atoms with Gasteiger partial charge in [0.2, 0.25) is 0 Å². The van der Waals surface area contributed by atoms with Crippen molar-refractivity contribution in [3.63, 3.8) is 0 Å². The van der Waals surface area contributed by atoms with Crippen LogP contribution in [0.3, 0.4) is 0 Å². The van der Waals surface area contributed by atoms with Gasteiger partial charge in [0.05, 0.1) is 6.21 Å². The van der Waals surface area contributed by atoms with Crippen molar-refractivity contribution in [2.45, 2.75) is 0 Å². The molecule has 0 fully saturated rings. The normalized spacial score (nSPS) is 10.6. The lowest BCUT2D eigenvalue weighted by molar-refractivity contribution is 0.480. The predicted molar refractivity (Wildman–Crippen MR) is 64.7 cm³/mol. The zero-order valence-corrected chi connectivity index (χ0v) is 9.01. The van der Waals surface area contributed by atoms with Crippen molar-refractivity contribution >= 4 is 6.21 Å². The fourth-order valence-electron chi connectivity index (χ4n) is 1.38. The summed E-state index contributed by atoms with van der Waals surface area (Å²) >= 11 is 0. The number of ether oxygens (including phenoxy) is 1. The van der Waals surface area contributed by atoms with Crippen LogP contribution in [-0.4, -0.2) is 6.21 Å². The highest BCUT2D eigenvalue weighted by Crippen LogP contribution is 2.21. The summed E-state index contributed by atoms with van der Waals surface area (Å²) in [5.41, 5.74) is 0.840. The summed E-state index contributed by atoms with van der Waals surface area (Å²) in [6, 6.07) is 13.1. The topological polar surface area (TPSA) is 47.6 Å². The van der Waals surface area contributed by atoms with E-state index in [1.807, 2.05) is 12.1 Å². The van der Waals surface area contributed by atoms with Crippen LogP contribution in [0.15, 0.2) is 53.6 Å². The van der Waals surface area contributed by atoms with Gasteiger partial charge in [-0.05, 0) is 42.0 Å². The fraction of sp³-hybridized carbons (Fsp3) is 0. The number of nitrogens with zero attached hydrogens (tertiary/aromatic N) is 1. The summed E-state index contributed by atoms with van der Waals surface area (Å²) in [5, 5.41) is 3.44. The van der Waals surface area contributed by atoms with Gasteiger partial charge in [-0.3, -0.25) is 0 Å². The highest BCUT2D eigenvalue weighted by Gasteiger charge is 1.98. The van der Waals surface area contributed by atoms with Crippen molar-refractivity contribution in [3.8, 4) is 11.5 Å². The minimum Gasteiger partial charge on any atom is -0.457 e. The van der Waals surface area contributed by atoms with E-state index in [0.29, 0.717) is 11.5 Å². The van der Waals surface area contributed by atoms with Gasteiger partial charge in [-0.25, -0.2) is 4.39 Å². The Kier molecular flexibility index (Phi) is 3.35. The maximum Gasteiger partial charge on any atom is 0.128 e. The maximum absolute atomic E-state index is 12.7. The Morgan fingerprint density at radius 3 is 2.53 bits per heavy atom. The molecule has 3 nitrogen and oxygen atoms in total. The Labute approximate surface area is 98.3 Å². The van der Waals surface area contributed by atoms with Gasteiger partial charge in [-0.2, -0.15) is 5.10 Å². The van der Waals surface area contributed by atoms with Crippen LogP contribution < -0.4 is 10.6 Å². The molecule has 17 heavy (non-hydrogen) atoms. The lowest BCUT2D eigenvalue weighted by Crippen LogP contribution is -1.88. The average molecular weight is 230 g/mol. The van der Waals surface area contributed by atoms with E-state index in [0.717, 1.165) is 5.56 Å². The first-order valence-corrected chi connectivity index (χ1v) is 5.05. The molecule has 0 spiro atoms. The summed E-state index contributed by atoms with van der Waals surface area (Å²) in [5.74, 6) is 6.00. The molecule has 0 aliphatic rings. The third kappa shape index (κ3) is 3.04. The van der Waals surface area contributed by atoms with Crippen LogP contribution in [-0.2, 0) is 0 Å². The van der Waals surface area contributed by atoms with E-state index in [-0.39, 0.29) is 5.82 Å². The molecule has 0 aromatic heterocycles. The van der Waals surface area contributed by atoms with E-state index in [1.165, 1.54) is 18.3 Å². The molecule has 2 N–H and O–H groups in total. The van der Waals surface area contributed by atoms with Crippen LogP contribution in [0.2, 0.25) is 0 Å². The average Bonchev–Trinajstić information content (AvgIpc) is 2.33. The number of nitrogens with two attached hydrogens (primary N) is 1. The molecule has 2 aromatic rings. The number of hydrazone groups is 1. The summed E-state index contributed by atoms with van der Waals surface area (Å²) in [6.07, 6.45) is 1.53. The van der Waals surface area contributed by atoms with Gasteiger partial charge in [0.15, 0.2) is 0 Å². The van der Waals surface area contributed by atoms with Crippen molar-refractivity contribution in [1.82, 2.24) is 0 Å². The Hall–Kier alpha value is -2.36. The van der Waals surface area contributed by atoms with E-state index < -0.39 is 0 Å². The molecular formula is C13H11FN2O. The largest absolute Gasteiger partial charge is 0.457 e. The monoisotopic (exact) mass is 230 g/mol. The van der Waals surface area contributed by atoms with E-state index in [2.05, 4.69) is 5.10 Å². The molecule has 0 bridgehead atoms. The summed E-state index contributed by atoms with van der Waals surface area (Å²) in [7, 11) is 0. The van der Waals surface area contributed by atoms with Crippen molar-refractivity contribution in [1.29, 1.82) is 0 Å². The quantitative estimate of drug-likeness (QED) is 0.500. The molecule has 4 heteroatoms. The van der Waals surface area contributed by atoms with Crippen LogP contribution >= 0.6 is 0 Å². The van der Waals surface area contributed by atoms with Gasteiger partial charge in [0.1, 0.15) is 17.3 Å². The Morgan fingerprint density at radius 2 is 1.82 bits per heavy atom. The second-order valence-corrected chi connectivity index (χ2v) is 3.41. The first-order chi connectivity index (χ1) is 8.28. The molecule has 0 saturated heterocycles. The molecule has 86 valence electrons. The Balaban J connectivity index is 2.18. The molecule has 0 unspecified atom stereocenters. The fourth-order valence-corrected chi connectivity index (χ4v) is 1.38. The molecule has 0 aliphatic heterocycles. The molecule has 0 atom stereocenters. The standard InChI is InChI=1S/C13H11FN2O/c14-11-4-6-12(7-5-11)17-13-3-1-2-10(8-13)9-16-15/h1-9H,15H2. The van der Waals surface area contributed by atoms with Crippen molar-refractivity contribution in [2.75, 3.05) is 0 Å². The van der Waals surface area contributed by atoms with E-state index in [9.17, 15) is 4.39 Å². The summed E-state index contributed by atoms with van der Waals surface area (Å²) in [4.78, 5) is 0. The van der Waals surface area contributed by atoms with Crippen molar-refractivity contribution in [2.24, 2.45) is 10.9 Å². The predicted octanol–water partition coefficient (Wildman–Crippen LogP) is 2.91. The Bertz CT molecular complexity index is 523. The van der Waals surface area contributed by atoms with Crippen LogP contribution in [0, 0.1) is 5.82 Å². The molecule has 0 saturated carbocycles. The van der Waals surface area contributed by atoms with Crippen molar-refractivity contribution < 1.29 is 9.13 Å². The SMILES string of the molecule is NN=Cc1cccc(Oc2ccc(F)cc2)c1. The summed E-state index contributed by atoms with van der Waals surface area (Å²) < 4.78 is 18.3. The van der Waals surface area contributed by atoms with Gasteiger partial charge < -0.3 is 10.6 Å². The van der Waals surface area contributed by atoms with E-state index in [4.69, 9.17) is 10.6 Å². The number of halogens is 1. The van der Waals surface area contributed by atoms with Crippen LogP contribution in [0.4, 0.5) is 4.39 Å². The molecule has 2 aromatic carbocycles. The maximum atomic E-state index is 12.7. The molecule has 0 heterocycles. The first-order valence-electron chi connectivity index (χ1n) is 5.05. The van der Waals surface area contributed by atoms with Gasteiger partial charge in [0.25, 0.3) is 0 Å². The highest BCUT2D eigenvalue weighted by molar-refractivity contribution is 5.79. The number of hydrogen-bond donors (Lipinski definition) is 1. The van der Waals surface area contributed by atoms with Gasteiger partial charge in [-0.15, -0.1) is 0 Å². The van der Waals surface area contributed by atoms with Crippen LogP contribution in [0.1, 0.15) is 5.56 Å². The van der Waals surface area contributed by atoms with Crippen LogP contribution in [0.25, 0.3) is 0 Å². The molecular weight excluding hydrogens is 219 g/mol.